The van der Waals surface area contributed by atoms with Crippen LogP contribution in [-0.4, -0.2) is 65.6 Å². The Morgan fingerprint density at radius 3 is 2.48 bits per heavy atom. The molecule has 0 aromatic carbocycles. The highest BCUT2D eigenvalue weighted by atomic mass is 79.9. The summed E-state index contributed by atoms with van der Waals surface area (Å²) in [6.07, 6.45) is 4.97. The fourth-order valence-electron chi connectivity index (χ4n) is 3.48. The molecule has 152 valence electrons. The first-order valence-corrected chi connectivity index (χ1v) is 9.78. The van der Waals surface area contributed by atoms with Crippen molar-refractivity contribution in [1.29, 1.82) is 0 Å². The van der Waals surface area contributed by atoms with Crippen LogP contribution in [0.2, 0.25) is 0 Å². The summed E-state index contributed by atoms with van der Waals surface area (Å²) in [6, 6.07) is 0. The van der Waals surface area contributed by atoms with Gasteiger partial charge in [-0.25, -0.2) is 14.8 Å². The topological polar surface area (TPSA) is 111 Å². The number of anilines is 1. The van der Waals surface area contributed by atoms with Crippen LogP contribution in [0.25, 0.3) is 11.2 Å². The van der Waals surface area contributed by atoms with E-state index < -0.39 is 11.2 Å². The quantitative estimate of drug-likeness (QED) is 0.474. The Labute approximate surface area is 173 Å². The van der Waals surface area contributed by atoms with Gasteiger partial charge in [0.25, 0.3) is 5.56 Å². The third-order valence-electron chi connectivity index (χ3n) is 5.09. The molecule has 0 spiro atoms. The molecule has 1 saturated heterocycles. The van der Waals surface area contributed by atoms with Gasteiger partial charge in [-0.3, -0.25) is 28.3 Å². The molecule has 0 atom stereocenters. The van der Waals surface area contributed by atoms with Gasteiger partial charge in [0.05, 0.1) is 6.20 Å². The maximum absolute atomic E-state index is 12.9. The number of hydrogen-bond acceptors (Lipinski definition) is 7. The van der Waals surface area contributed by atoms with Gasteiger partial charge in [0.15, 0.2) is 15.9 Å². The molecule has 1 aliphatic heterocycles. The largest absolute Gasteiger partial charge is 0.352 e. The van der Waals surface area contributed by atoms with Gasteiger partial charge in [-0.05, 0) is 15.9 Å². The number of carbonyl (C=O) groups is 1. The molecule has 0 aliphatic carbocycles. The summed E-state index contributed by atoms with van der Waals surface area (Å²) in [4.78, 5) is 54.0. The molecule has 0 saturated carbocycles. The van der Waals surface area contributed by atoms with E-state index in [4.69, 9.17) is 0 Å². The summed E-state index contributed by atoms with van der Waals surface area (Å²) >= 11 is 3.31. The molecule has 0 unspecified atom stereocenters. The van der Waals surface area contributed by atoms with Crippen molar-refractivity contribution in [2.45, 2.75) is 6.54 Å². The first-order valence-electron chi connectivity index (χ1n) is 8.99. The SMILES string of the molecule is Cn1c(=O)c2nc(Br)n(CC(=O)N3CCN(c4cnccn4)CC3)c2n(C)c1=O. The van der Waals surface area contributed by atoms with Gasteiger partial charge in [-0.1, -0.05) is 0 Å². The third-order valence-corrected chi connectivity index (χ3v) is 5.70. The van der Waals surface area contributed by atoms with E-state index in [0.717, 1.165) is 10.4 Å². The standard InChI is InChI=1S/C17H19BrN8O3/c1-22-14-13(15(28)23(2)17(22)29)21-16(18)26(14)10-12(27)25-7-5-24(6-8-25)11-9-19-3-4-20-11/h3-4,9H,5-8,10H2,1-2H3. The van der Waals surface area contributed by atoms with Gasteiger partial charge >= 0.3 is 5.69 Å². The number of nitrogens with zero attached hydrogens (tertiary/aromatic N) is 8. The molecule has 3 aromatic heterocycles. The lowest BCUT2D eigenvalue weighted by Crippen LogP contribution is -2.50. The van der Waals surface area contributed by atoms with E-state index in [1.165, 1.54) is 11.6 Å². The number of aryl methyl sites for hydroxylation is 1. The lowest BCUT2D eigenvalue weighted by molar-refractivity contribution is -0.132. The minimum Gasteiger partial charge on any atom is -0.352 e. The molecule has 1 fully saturated rings. The van der Waals surface area contributed by atoms with Gasteiger partial charge in [0.1, 0.15) is 12.4 Å². The van der Waals surface area contributed by atoms with Crippen molar-refractivity contribution in [2.75, 3.05) is 31.1 Å². The number of aromatic nitrogens is 6. The molecule has 0 N–H and O–H groups in total. The lowest BCUT2D eigenvalue weighted by atomic mass is 10.3. The van der Waals surface area contributed by atoms with E-state index in [2.05, 4.69) is 35.8 Å². The Morgan fingerprint density at radius 2 is 1.83 bits per heavy atom. The monoisotopic (exact) mass is 462 g/mol. The molecule has 4 rings (SSSR count). The molecular formula is C17H19BrN8O3. The van der Waals surface area contributed by atoms with Gasteiger partial charge in [-0.15, -0.1) is 0 Å². The first-order chi connectivity index (χ1) is 13.9. The van der Waals surface area contributed by atoms with Crippen molar-refractivity contribution >= 4 is 38.8 Å². The van der Waals surface area contributed by atoms with E-state index in [-0.39, 0.29) is 18.0 Å². The second-order valence-electron chi connectivity index (χ2n) is 6.78. The Hall–Kier alpha value is -3.02. The summed E-state index contributed by atoms with van der Waals surface area (Å²) in [5.41, 5.74) is -0.507. The predicted octanol–water partition coefficient (Wildman–Crippen LogP) is -0.665. The molecule has 0 radical (unpaired) electrons. The number of piperazine rings is 1. The highest BCUT2D eigenvalue weighted by Crippen LogP contribution is 2.18. The number of halogens is 1. The zero-order valence-corrected chi connectivity index (χ0v) is 17.5. The van der Waals surface area contributed by atoms with E-state index in [1.807, 2.05) is 0 Å². The smallest absolute Gasteiger partial charge is 0.332 e. The minimum atomic E-state index is -0.493. The molecule has 12 heteroatoms. The Kier molecular flexibility index (Phi) is 4.94. The summed E-state index contributed by atoms with van der Waals surface area (Å²) in [6.45, 7) is 2.36. The molecule has 3 aromatic rings. The number of fused-ring (bicyclic) bond motifs is 1. The maximum Gasteiger partial charge on any atom is 0.332 e. The number of hydrogen-bond donors (Lipinski definition) is 0. The van der Waals surface area contributed by atoms with Crippen LogP contribution in [0.15, 0.2) is 32.9 Å². The fourth-order valence-corrected chi connectivity index (χ4v) is 3.95. The Balaban J connectivity index is 1.55. The van der Waals surface area contributed by atoms with Crippen LogP contribution >= 0.6 is 15.9 Å². The van der Waals surface area contributed by atoms with Crippen LogP contribution in [0, 0.1) is 0 Å². The molecular weight excluding hydrogens is 444 g/mol. The van der Waals surface area contributed by atoms with Crippen LogP contribution in [0.5, 0.6) is 0 Å². The van der Waals surface area contributed by atoms with E-state index >= 15 is 0 Å². The predicted molar refractivity (Wildman–Crippen MR) is 109 cm³/mol. The zero-order chi connectivity index (χ0) is 20.7. The van der Waals surface area contributed by atoms with Crippen LogP contribution in [0.1, 0.15) is 0 Å². The normalized spacial score (nSPS) is 14.6. The summed E-state index contributed by atoms with van der Waals surface area (Å²) in [5, 5.41) is 0. The highest BCUT2D eigenvalue weighted by Gasteiger charge is 2.25. The van der Waals surface area contributed by atoms with Crippen LogP contribution in [0.4, 0.5) is 5.82 Å². The van der Waals surface area contributed by atoms with E-state index in [1.54, 1.807) is 35.1 Å². The van der Waals surface area contributed by atoms with Crippen LogP contribution in [-0.2, 0) is 25.4 Å². The highest BCUT2D eigenvalue weighted by molar-refractivity contribution is 9.10. The number of amides is 1. The van der Waals surface area contributed by atoms with Crippen molar-refractivity contribution in [3.8, 4) is 0 Å². The Morgan fingerprint density at radius 1 is 1.10 bits per heavy atom. The van der Waals surface area contributed by atoms with E-state index in [9.17, 15) is 14.4 Å². The van der Waals surface area contributed by atoms with Crippen molar-refractivity contribution in [2.24, 2.45) is 14.1 Å². The van der Waals surface area contributed by atoms with Gasteiger partial charge in [0, 0.05) is 52.7 Å². The zero-order valence-electron chi connectivity index (χ0n) is 15.9. The number of carbonyl (C=O) groups excluding carboxylic acids is 1. The molecule has 4 heterocycles. The van der Waals surface area contributed by atoms with Gasteiger partial charge < -0.3 is 9.80 Å². The average Bonchev–Trinajstić information content (AvgIpc) is 3.07. The average molecular weight is 463 g/mol. The molecule has 0 bridgehead atoms. The third kappa shape index (κ3) is 3.33. The maximum atomic E-state index is 12.9. The van der Waals surface area contributed by atoms with Crippen molar-refractivity contribution in [3.05, 3.63) is 44.2 Å². The summed E-state index contributed by atoms with van der Waals surface area (Å²) < 4.78 is 4.21. The number of imidazole rings is 1. The van der Waals surface area contributed by atoms with Crippen molar-refractivity contribution in [3.63, 3.8) is 0 Å². The van der Waals surface area contributed by atoms with Crippen LogP contribution < -0.4 is 16.1 Å². The van der Waals surface area contributed by atoms with Crippen LogP contribution in [0.3, 0.4) is 0 Å². The lowest BCUT2D eigenvalue weighted by Gasteiger charge is -2.35. The minimum absolute atomic E-state index is 0.0251. The molecule has 11 nitrogen and oxygen atoms in total. The summed E-state index contributed by atoms with van der Waals surface area (Å²) in [5.74, 6) is 0.672. The Bertz CT molecular complexity index is 1190. The molecule has 29 heavy (non-hydrogen) atoms. The van der Waals surface area contributed by atoms with Gasteiger partial charge in [-0.2, -0.15) is 0 Å². The number of rotatable bonds is 3. The van der Waals surface area contributed by atoms with Crippen molar-refractivity contribution < 1.29 is 4.79 Å². The molecule has 1 aliphatic rings. The summed E-state index contributed by atoms with van der Waals surface area (Å²) in [7, 11) is 2.96. The fraction of sp³-hybridized carbons (Fsp3) is 0.412. The van der Waals surface area contributed by atoms with E-state index in [0.29, 0.717) is 36.6 Å². The van der Waals surface area contributed by atoms with Crippen molar-refractivity contribution in [1.82, 2.24) is 33.6 Å². The second-order valence-corrected chi connectivity index (χ2v) is 7.49. The first kappa shape index (κ1) is 19.3. The van der Waals surface area contributed by atoms with Gasteiger partial charge in [0.2, 0.25) is 5.91 Å². The molecule has 1 amide bonds. The second kappa shape index (κ2) is 7.43.